The third-order valence-corrected chi connectivity index (χ3v) is 8.23. The quantitative estimate of drug-likeness (QED) is 0.493. The maximum Gasteiger partial charge on any atom is 0.0729 e. The predicted octanol–water partition coefficient (Wildman–Crippen LogP) is 1.95. The van der Waals surface area contributed by atoms with Crippen molar-refractivity contribution in [2.24, 2.45) is 11.8 Å². The van der Waals surface area contributed by atoms with Crippen LogP contribution in [-0.2, 0) is 0 Å². The molecule has 0 bridgehead atoms. The van der Waals surface area contributed by atoms with Gasteiger partial charge in [-0.2, -0.15) is 0 Å². The summed E-state index contributed by atoms with van der Waals surface area (Å²) in [6, 6.07) is 1.50. The zero-order chi connectivity index (χ0) is 20.8. The molecule has 6 nitrogen and oxygen atoms in total. The number of aliphatic hydroxyl groups excluding tert-OH is 1. The lowest BCUT2D eigenvalue weighted by Crippen LogP contribution is -2.67. The molecule has 0 spiro atoms. The Morgan fingerprint density at radius 2 is 1.62 bits per heavy atom. The molecule has 3 saturated heterocycles. The van der Waals surface area contributed by atoms with E-state index in [2.05, 4.69) is 61.1 Å². The van der Waals surface area contributed by atoms with Crippen LogP contribution < -0.4 is 21.5 Å². The van der Waals surface area contributed by atoms with Crippen molar-refractivity contribution in [3.8, 4) is 0 Å². The Balaban J connectivity index is 1.32. The second-order valence-electron chi connectivity index (χ2n) is 11.8. The number of nitrogens with one attached hydrogen (secondary N) is 4. The molecule has 6 unspecified atom stereocenters. The van der Waals surface area contributed by atoms with Gasteiger partial charge in [0.1, 0.15) is 0 Å². The number of hydrazine groups is 1. The van der Waals surface area contributed by atoms with Gasteiger partial charge in [0.05, 0.1) is 12.3 Å². The van der Waals surface area contributed by atoms with Gasteiger partial charge < -0.3 is 15.7 Å². The van der Waals surface area contributed by atoms with Gasteiger partial charge in [0.25, 0.3) is 0 Å². The lowest BCUT2D eigenvalue weighted by atomic mass is 9.69. The van der Waals surface area contributed by atoms with E-state index < -0.39 is 0 Å². The van der Waals surface area contributed by atoms with Crippen LogP contribution in [0.1, 0.15) is 79.1 Å². The Kier molecular flexibility index (Phi) is 6.33. The van der Waals surface area contributed by atoms with Gasteiger partial charge in [-0.1, -0.05) is 0 Å². The van der Waals surface area contributed by atoms with Crippen molar-refractivity contribution >= 4 is 0 Å². The highest BCUT2D eigenvalue weighted by Crippen LogP contribution is 2.38. The third kappa shape index (κ3) is 4.99. The van der Waals surface area contributed by atoms with Gasteiger partial charge in [-0.05, 0) is 98.6 Å². The highest BCUT2D eigenvalue weighted by molar-refractivity contribution is 5.01. The first kappa shape index (κ1) is 22.0. The molecular formula is C23H45N5O. The summed E-state index contributed by atoms with van der Waals surface area (Å²) in [7, 11) is 2.29. The minimum Gasteiger partial charge on any atom is -0.393 e. The highest BCUT2D eigenvalue weighted by atomic mass is 16.3. The van der Waals surface area contributed by atoms with Crippen molar-refractivity contribution < 1.29 is 5.11 Å². The van der Waals surface area contributed by atoms with Gasteiger partial charge in [0.2, 0.25) is 0 Å². The Hall–Kier alpha value is -0.240. The van der Waals surface area contributed by atoms with Crippen LogP contribution >= 0.6 is 0 Å². The summed E-state index contributed by atoms with van der Waals surface area (Å²) in [6.07, 6.45) is 9.53. The molecule has 0 radical (unpaired) electrons. The lowest BCUT2D eigenvalue weighted by Gasteiger charge is -2.52. The van der Waals surface area contributed by atoms with Crippen LogP contribution in [0.15, 0.2) is 0 Å². The van der Waals surface area contributed by atoms with Crippen molar-refractivity contribution in [2.45, 2.75) is 121 Å². The van der Waals surface area contributed by atoms with Crippen LogP contribution in [0.3, 0.4) is 0 Å². The molecular weight excluding hydrogens is 362 g/mol. The average molecular weight is 408 g/mol. The van der Waals surface area contributed by atoms with E-state index in [0.29, 0.717) is 30.2 Å². The molecule has 0 aromatic carbocycles. The largest absolute Gasteiger partial charge is 0.393 e. The zero-order valence-corrected chi connectivity index (χ0v) is 19.3. The van der Waals surface area contributed by atoms with Gasteiger partial charge in [0, 0.05) is 35.1 Å². The van der Waals surface area contributed by atoms with Gasteiger partial charge in [-0.15, -0.1) is 0 Å². The summed E-state index contributed by atoms with van der Waals surface area (Å²) in [5.74, 6) is 1.13. The Bertz CT molecular complexity index is 543. The van der Waals surface area contributed by atoms with Gasteiger partial charge >= 0.3 is 0 Å². The molecule has 4 rings (SSSR count). The van der Waals surface area contributed by atoms with Crippen molar-refractivity contribution in [3.05, 3.63) is 0 Å². The van der Waals surface area contributed by atoms with Gasteiger partial charge in [-0.25, -0.2) is 5.43 Å². The second kappa shape index (κ2) is 8.36. The third-order valence-electron chi connectivity index (χ3n) is 8.23. The summed E-state index contributed by atoms with van der Waals surface area (Å²) in [5, 5.41) is 18.3. The van der Waals surface area contributed by atoms with E-state index in [4.69, 9.17) is 0 Å². The fourth-order valence-electron chi connectivity index (χ4n) is 7.07. The van der Waals surface area contributed by atoms with Crippen LogP contribution in [0.4, 0.5) is 0 Å². The van der Waals surface area contributed by atoms with Gasteiger partial charge in [0.15, 0.2) is 0 Å². The first-order chi connectivity index (χ1) is 13.6. The number of nitrogens with zero attached hydrogens (tertiary/aromatic N) is 1. The fraction of sp³-hybridized carbons (Fsp3) is 1.00. The van der Waals surface area contributed by atoms with Crippen LogP contribution in [0.25, 0.3) is 0 Å². The van der Waals surface area contributed by atoms with E-state index in [9.17, 15) is 5.11 Å². The summed E-state index contributed by atoms with van der Waals surface area (Å²) in [5.41, 5.74) is 7.62. The summed E-state index contributed by atoms with van der Waals surface area (Å²) < 4.78 is 0. The molecule has 0 aromatic rings. The number of hydrogen-bond donors (Lipinski definition) is 5. The molecule has 5 N–H and O–H groups in total. The molecule has 0 aromatic heterocycles. The molecule has 4 fully saturated rings. The number of aliphatic hydroxyl groups is 1. The molecule has 4 aliphatic rings. The SMILES string of the molecule is CN(C1CC(C)(C)NC(C)(C)C1)C1CCC(C2CC3CCCNC3CC2O)NN1. The van der Waals surface area contributed by atoms with Crippen molar-refractivity contribution in [3.63, 3.8) is 0 Å². The summed E-state index contributed by atoms with van der Waals surface area (Å²) >= 11 is 0. The molecule has 1 saturated carbocycles. The minimum absolute atomic E-state index is 0.169. The Morgan fingerprint density at radius 1 is 0.897 bits per heavy atom. The second-order valence-corrected chi connectivity index (χ2v) is 11.8. The number of rotatable bonds is 3. The van der Waals surface area contributed by atoms with E-state index in [0.717, 1.165) is 38.1 Å². The van der Waals surface area contributed by atoms with Crippen LogP contribution in [0, 0.1) is 11.8 Å². The van der Waals surface area contributed by atoms with Crippen molar-refractivity contribution in [1.82, 2.24) is 26.4 Å². The fourth-order valence-corrected chi connectivity index (χ4v) is 7.07. The maximum atomic E-state index is 10.8. The number of hydrogen-bond acceptors (Lipinski definition) is 6. The van der Waals surface area contributed by atoms with Crippen molar-refractivity contribution in [2.75, 3.05) is 13.6 Å². The van der Waals surface area contributed by atoms with Crippen molar-refractivity contribution in [1.29, 1.82) is 0 Å². The Morgan fingerprint density at radius 3 is 2.28 bits per heavy atom. The molecule has 6 heteroatoms. The first-order valence-corrected chi connectivity index (χ1v) is 12.1. The van der Waals surface area contributed by atoms with Crippen LogP contribution in [0.5, 0.6) is 0 Å². The number of fused-ring (bicyclic) bond motifs is 1. The molecule has 0 amide bonds. The van der Waals surface area contributed by atoms with Gasteiger partial charge in [-0.3, -0.25) is 10.3 Å². The van der Waals surface area contributed by atoms with E-state index in [1.165, 1.54) is 25.7 Å². The van der Waals surface area contributed by atoms with E-state index in [1.54, 1.807) is 0 Å². The van der Waals surface area contributed by atoms with Crippen LogP contribution in [-0.4, -0.2) is 65.1 Å². The average Bonchev–Trinajstić information content (AvgIpc) is 2.64. The molecule has 168 valence electrons. The standard InChI is InChI=1S/C23H45N5O/c1-22(2)13-16(14-23(3,4)27-22)28(5)21-9-8-18(25-26-21)17-11-15-7-6-10-24-19(15)12-20(17)29/h15-21,24-27,29H,6-14H2,1-5H3. The first-order valence-electron chi connectivity index (χ1n) is 12.1. The molecule has 6 atom stereocenters. The zero-order valence-electron chi connectivity index (χ0n) is 19.3. The van der Waals surface area contributed by atoms with E-state index in [-0.39, 0.29) is 17.2 Å². The minimum atomic E-state index is -0.179. The summed E-state index contributed by atoms with van der Waals surface area (Å²) in [6.45, 7) is 10.4. The summed E-state index contributed by atoms with van der Waals surface area (Å²) in [4.78, 5) is 2.56. The van der Waals surface area contributed by atoms with E-state index in [1.807, 2.05) is 0 Å². The molecule has 1 aliphatic carbocycles. The normalized spacial score (nSPS) is 43.1. The maximum absolute atomic E-state index is 10.8. The smallest absolute Gasteiger partial charge is 0.0729 e. The van der Waals surface area contributed by atoms with Crippen LogP contribution in [0.2, 0.25) is 0 Å². The molecule has 29 heavy (non-hydrogen) atoms. The Labute approximate surface area is 177 Å². The molecule has 3 heterocycles. The monoisotopic (exact) mass is 407 g/mol. The topological polar surface area (TPSA) is 71.6 Å². The van der Waals surface area contributed by atoms with E-state index >= 15 is 0 Å². The molecule has 3 aliphatic heterocycles. The highest BCUT2D eigenvalue weighted by Gasteiger charge is 2.44. The lowest BCUT2D eigenvalue weighted by molar-refractivity contribution is -0.0244. The predicted molar refractivity (Wildman–Crippen MR) is 118 cm³/mol. The number of piperidine rings is 2.